The van der Waals surface area contributed by atoms with E-state index in [1.54, 1.807) is 0 Å². The smallest absolute Gasteiger partial charge is 0.264 e. The van der Waals surface area contributed by atoms with Crippen molar-refractivity contribution in [3.63, 3.8) is 0 Å². The molecule has 0 spiro atoms. The molecule has 0 aliphatic carbocycles. The molecule has 144 valence electrons. The Morgan fingerprint density at radius 3 is 2.56 bits per heavy atom. The second-order valence-corrected chi connectivity index (χ2v) is 8.13. The van der Waals surface area contributed by atoms with Crippen LogP contribution in [0.5, 0.6) is 0 Å². The summed E-state index contributed by atoms with van der Waals surface area (Å²) < 4.78 is 1.90. The van der Waals surface area contributed by atoms with E-state index in [0.29, 0.717) is 11.1 Å². The molecule has 1 aromatic carbocycles. The highest BCUT2D eigenvalue weighted by Gasteiger charge is 2.25. The Bertz CT molecular complexity index is 943. The second kappa shape index (κ2) is 8.19. The Morgan fingerprint density at radius 2 is 1.93 bits per heavy atom. The standard InChI is InChI=1S/C19H21ClN4OS.ClH/c1-12-16-11-17(18(25)23-9-7-14(21-2)8-10-23)26-19(16)24(22-12)15-5-3-13(20)4-6-15;/h3-6,11,14,21H,7-10H2,1-2H3;1H. The van der Waals surface area contributed by atoms with E-state index < -0.39 is 0 Å². The van der Waals surface area contributed by atoms with Crippen LogP contribution in [0.4, 0.5) is 0 Å². The number of carbonyl (C=O) groups is 1. The number of nitrogens with zero attached hydrogens (tertiary/aromatic N) is 3. The lowest BCUT2D eigenvalue weighted by atomic mass is 10.1. The first-order valence-electron chi connectivity index (χ1n) is 8.78. The van der Waals surface area contributed by atoms with Crippen molar-refractivity contribution in [1.82, 2.24) is 20.0 Å². The third kappa shape index (κ3) is 3.85. The van der Waals surface area contributed by atoms with Gasteiger partial charge in [0.05, 0.1) is 16.3 Å². The van der Waals surface area contributed by atoms with Crippen molar-refractivity contribution in [1.29, 1.82) is 0 Å². The van der Waals surface area contributed by atoms with Crippen LogP contribution in [0.15, 0.2) is 30.3 Å². The van der Waals surface area contributed by atoms with E-state index in [1.807, 2.05) is 53.9 Å². The molecule has 1 aliphatic heterocycles. The van der Waals surface area contributed by atoms with E-state index in [9.17, 15) is 4.79 Å². The summed E-state index contributed by atoms with van der Waals surface area (Å²) >= 11 is 7.51. The number of thiophene rings is 1. The topological polar surface area (TPSA) is 50.2 Å². The average molecular weight is 425 g/mol. The minimum absolute atomic E-state index is 0. The first kappa shape index (κ1) is 20.1. The number of nitrogens with one attached hydrogen (secondary N) is 1. The van der Waals surface area contributed by atoms with E-state index in [-0.39, 0.29) is 18.3 Å². The molecule has 1 amide bonds. The number of rotatable bonds is 3. The number of fused-ring (bicyclic) bond motifs is 1. The van der Waals surface area contributed by atoms with Crippen LogP contribution < -0.4 is 5.32 Å². The fraction of sp³-hybridized carbons (Fsp3) is 0.368. The highest BCUT2D eigenvalue weighted by Crippen LogP contribution is 2.31. The molecule has 1 N–H and O–H groups in total. The number of carbonyl (C=O) groups excluding carboxylic acids is 1. The maximum absolute atomic E-state index is 12.9. The molecule has 2 aromatic heterocycles. The predicted octanol–water partition coefficient (Wildman–Crippen LogP) is 4.29. The Hall–Kier alpha value is -1.60. The molecular formula is C19H22Cl2N4OS. The molecule has 1 saturated heterocycles. The van der Waals surface area contributed by atoms with Gasteiger partial charge in [0, 0.05) is 29.5 Å². The summed E-state index contributed by atoms with van der Waals surface area (Å²) in [4.78, 5) is 16.7. The molecule has 0 bridgehead atoms. The number of halogens is 2. The summed E-state index contributed by atoms with van der Waals surface area (Å²) in [7, 11) is 1.99. The van der Waals surface area contributed by atoms with E-state index in [4.69, 9.17) is 11.6 Å². The fourth-order valence-electron chi connectivity index (χ4n) is 3.44. The number of amides is 1. The number of aryl methyl sites for hydroxylation is 1. The van der Waals surface area contributed by atoms with Gasteiger partial charge >= 0.3 is 0 Å². The van der Waals surface area contributed by atoms with E-state index in [2.05, 4.69) is 10.4 Å². The van der Waals surface area contributed by atoms with Crippen LogP contribution in [0.3, 0.4) is 0 Å². The molecule has 3 heterocycles. The number of hydrogen-bond donors (Lipinski definition) is 1. The van der Waals surface area contributed by atoms with Gasteiger partial charge in [-0.2, -0.15) is 5.10 Å². The average Bonchev–Trinajstić information content (AvgIpc) is 3.23. The minimum atomic E-state index is 0. The summed E-state index contributed by atoms with van der Waals surface area (Å²) in [5.41, 5.74) is 1.88. The molecule has 0 radical (unpaired) electrons. The molecule has 27 heavy (non-hydrogen) atoms. The van der Waals surface area contributed by atoms with Crippen LogP contribution in [0, 0.1) is 6.92 Å². The Labute approximate surface area is 173 Å². The number of hydrogen-bond acceptors (Lipinski definition) is 4. The van der Waals surface area contributed by atoms with Crippen LogP contribution in [-0.2, 0) is 0 Å². The van der Waals surface area contributed by atoms with E-state index in [1.165, 1.54) is 11.3 Å². The Balaban J connectivity index is 0.00000210. The van der Waals surface area contributed by atoms with Gasteiger partial charge in [-0.15, -0.1) is 23.7 Å². The molecule has 3 aromatic rings. The number of likely N-dealkylation sites (tertiary alicyclic amines) is 1. The first-order chi connectivity index (χ1) is 12.6. The maximum Gasteiger partial charge on any atom is 0.264 e. The van der Waals surface area contributed by atoms with Gasteiger partial charge in [-0.05, 0) is 57.1 Å². The molecule has 0 atom stereocenters. The fourth-order valence-corrected chi connectivity index (χ4v) is 4.71. The van der Waals surface area contributed by atoms with Crippen molar-refractivity contribution in [2.75, 3.05) is 20.1 Å². The Kier molecular flexibility index (Phi) is 6.11. The summed E-state index contributed by atoms with van der Waals surface area (Å²) in [6, 6.07) is 10.1. The van der Waals surface area contributed by atoms with Crippen LogP contribution in [-0.4, -0.2) is 46.8 Å². The van der Waals surface area contributed by atoms with Gasteiger partial charge in [0.2, 0.25) is 0 Å². The van der Waals surface area contributed by atoms with Gasteiger partial charge in [0.15, 0.2) is 0 Å². The monoisotopic (exact) mass is 424 g/mol. The predicted molar refractivity (Wildman–Crippen MR) is 114 cm³/mol. The van der Waals surface area contributed by atoms with Crippen LogP contribution in [0.2, 0.25) is 5.02 Å². The molecule has 0 unspecified atom stereocenters. The zero-order chi connectivity index (χ0) is 18.3. The third-order valence-electron chi connectivity index (χ3n) is 5.02. The van der Waals surface area contributed by atoms with Crippen molar-refractivity contribution < 1.29 is 4.79 Å². The van der Waals surface area contributed by atoms with E-state index >= 15 is 0 Å². The molecule has 1 fully saturated rings. The summed E-state index contributed by atoms with van der Waals surface area (Å²) in [5.74, 6) is 0.128. The quantitative estimate of drug-likeness (QED) is 0.681. The van der Waals surface area contributed by atoms with Crippen LogP contribution >= 0.6 is 35.3 Å². The highest BCUT2D eigenvalue weighted by atomic mass is 35.5. The van der Waals surface area contributed by atoms with Gasteiger partial charge in [0.25, 0.3) is 5.91 Å². The summed E-state index contributed by atoms with van der Waals surface area (Å²) in [6.07, 6.45) is 2.01. The van der Waals surface area contributed by atoms with Crippen molar-refractivity contribution in [2.45, 2.75) is 25.8 Å². The van der Waals surface area contributed by atoms with Gasteiger partial charge in [-0.1, -0.05) is 11.6 Å². The van der Waals surface area contributed by atoms with E-state index in [0.717, 1.165) is 52.4 Å². The summed E-state index contributed by atoms with van der Waals surface area (Å²) in [6.45, 7) is 3.59. The van der Waals surface area contributed by atoms with Crippen molar-refractivity contribution >= 4 is 51.5 Å². The molecule has 5 nitrogen and oxygen atoms in total. The number of aromatic nitrogens is 2. The maximum atomic E-state index is 12.9. The van der Waals surface area contributed by atoms with Gasteiger partial charge in [-0.25, -0.2) is 4.68 Å². The molecule has 4 rings (SSSR count). The third-order valence-corrected chi connectivity index (χ3v) is 6.37. The van der Waals surface area contributed by atoms with Crippen LogP contribution in [0.25, 0.3) is 15.9 Å². The first-order valence-corrected chi connectivity index (χ1v) is 9.98. The van der Waals surface area contributed by atoms with Crippen LogP contribution in [0.1, 0.15) is 28.2 Å². The van der Waals surface area contributed by atoms with Gasteiger partial charge < -0.3 is 10.2 Å². The second-order valence-electron chi connectivity index (χ2n) is 6.66. The normalized spacial score (nSPS) is 15.1. The molecular weight excluding hydrogens is 403 g/mol. The number of piperidine rings is 1. The lowest BCUT2D eigenvalue weighted by molar-refractivity contribution is 0.0712. The number of benzene rings is 1. The Morgan fingerprint density at radius 1 is 1.26 bits per heavy atom. The summed E-state index contributed by atoms with van der Waals surface area (Å²) in [5, 5.41) is 9.67. The zero-order valence-corrected chi connectivity index (χ0v) is 17.6. The van der Waals surface area contributed by atoms with Gasteiger partial charge in [0.1, 0.15) is 4.83 Å². The molecule has 8 heteroatoms. The molecule has 0 saturated carbocycles. The van der Waals surface area contributed by atoms with Crippen molar-refractivity contribution in [3.8, 4) is 5.69 Å². The van der Waals surface area contributed by atoms with Crippen molar-refractivity contribution in [2.24, 2.45) is 0 Å². The lowest BCUT2D eigenvalue weighted by Crippen LogP contribution is -2.43. The van der Waals surface area contributed by atoms with Gasteiger partial charge in [-0.3, -0.25) is 4.79 Å². The highest BCUT2D eigenvalue weighted by molar-refractivity contribution is 7.20. The SMILES string of the molecule is CNC1CCN(C(=O)c2cc3c(C)nn(-c4ccc(Cl)cc4)c3s2)CC1.Cl. The zero-order valence-electron chi connectivity index (χ0n) is 15.2. The minimum Gasteiger partial charge on any atom is -0.338 e. The molecule has 1 aliphatic rings. The van der Waals surface area contributed by atoms with Crippen molar-refractivity contribution in [3.05, 3.63) is 45.9 Å². The lowest BCUT2D eigenvalue weighted by Gasteiger charge is -2.31. The largest absolute Gasteiger partial charge is 0.338 e.